The first-order chi connectivity index (χ1) is 7.99. The molecule has 0 heterocycles. The Labute approximate surface area is 102 Å². The van der Waals surface area contributed by atoms with Gasteiger partial charge in [0, 0.05) is 31.3 Å². The topological polar surface area (TPSA) is 58.4 Å². The molecule has 5 nitrogen and oxygen atoms in total. The first-order valence-corrected chi connectivity index (χ1v) is 5.60. The minimum Gasteiger partial charge on any atom is -0.309 e. The van der Waals surface area contributed by atoms with Crippen molar-refractivity contribution in [1.82, 2.24) is 10.2 Å². The lowest BCUT2D eigenvalue weighted by atomic mass is 10.2. The third-order valence-corrected chi connectivity index (χ3v) is 2.44. The molecule has 1 atom stereocenters. The maximum absolute atomic E-state index is 10.5. The second-order valence-electron chi connectivity index (χ2n) is 4.47. The lowest BCUT2D eigenvalue weighted by Gasteiger charge is -2.18. The predicted octanol–water partition coefficient (Wildman–Crippen LogP) is 1.63. The Hall–Kier alpha value is -1.46. The van der Waals surface area contributed by atoms with Crippen molar-refractivity contribution in [2.75, 3.05) is 20.6 Å². The maximum Gasteiger partial charge on any atom is 0.269 e. The molecule has 1 aromatic carbocycles. The van der Waals surface area contributed by atoms with Crippen molar-refractivity contribution >= 4 is 5.69 Å². The number of rotatable bonds is 6. The summed E-state index contributed by atoms with van der Waals surface area (Å²) in [5, 5.41) is 13.9. The second-order valence-corrected chi connectivity index (χ2v) is 4.47. The summed E-state index contributed by atoms with van der Waals surface area (Å²) >= 11 is 0. The zero-order valence-corrected chi connectivity index (χ0v) is 10.5. The van der Waals surface area contributed by atoms with Crippen LogP contribution in [0, 0.1) is 10.1 Å². The number of hydrogen-bond donors (Lipinski definition) is 1. The van der Waals surface area contributed by atoms with E-state index in [-0.39, 0.29) is 10.6 Å². The first-order valence-electron chi connectivity index (χ1n) is 5.60. The second kappa shape index (κ2) is 6.32. The van der Waals surface area contributed by atoms with E-state index in [0.29, 0.717) is 6.04 Å². The van der Waals surface area contributed by atoms with Gasteiger partial charge in [-0.15, -0.1) is 0 Å². The monoisotopic (exact) mass is 237 g/mol. The molecule has 5 heteroatoms. The normalized spacial score (nSPS) is 12.7. The summed E-state index contributed by atoms with van der Waals surface area (Å²) in [5.41, 5.74) is 1.19. The Morgan fingerprint density at radius 2 is 1.94 bits per heavy atom. The number of nitro groups is 1. The van der Waals surface area contributed by atoms with E-state index in [2.05, 4.69) is 17.1 Å². The van der Waals surface area contributed by atoms with Crippen LogP contribution < -0.4 is 5.32 Å². The van der Waals surface area contributed by atoms with Gasteiger partial charge in [-0.1, -0.05) is 12.1 Å². The van der Waals surface area contributed by atoms with E-state index >= 15 is 0 Å². The number of non-ortho nitro benzene ring substituents is 1. The molecular weight excluding hydrogens is 218 g/mol. The van der Waals surface area contributed by atoms with E-state index < -0.39 is 0 Å². The highest BCUT2D eigenvalue weighted by molar-refractivity contribution is 5.32. The van der Waals surface area contributed by atoms with E-state index in [9.17, 15) is 10.1 Å². The maximum atomic E-state index is 10.5. The van der Waals surface area contributed by atoms with Crippen LogP contribution in [0.4, 0.5) is 5.69 Å². The predicted molar refractivity (Wildman–Crippen MR) is 68.0 cm³/mol. The van der Waals surface area contributed by atoms with Crippen LogP contribution in [0.25, 0.3) is 0 Å². The highest BCUT2D eigenvalue weighted by atomic mass is 16.6. The summed E-state index contributed by atoms with van der Waals surface area (Å²) in [7, 11) is 4.06. The zero-order chi connectivity index (χ0) is 12.8. The molecule has 1 N–H and O–H groups in total. The summed E-state index contributed by atoms with van der Waals surface area (Å²) in [5.74, 6) is 0. The van der Waals surface area contributed by atoms with Gasteiger partial charge in [0.15, 0.2) is 0 Å². The Morgan fingerprint density at radius 3 is 2.41 bits per heavy atom. The Bertz CT molecular complexity index is 363. The van der Waals surface area contributed by atoms with Crippen LogP contribution in [0.5, 0.6) is 0 Å². The van der Waals surface area contributed by atoms with Gasteiger partial charge in [-0.25, -0.2) is 0 Å². The van der Waals surface area contributed by atoms with E-state index in [1.807, 2.05) is 14.1 Å². The molecule has 1 unspecified atom stereocenters. The zero-order valence-electron chi connectivity index (χ0n) is 10.5. The fourth-order valence-electron chi connectivity index (χ4n) is 1.64. The smallest absolute Gasteiger partial charge is 0.269 e. The molecule has 0 spiro atoms. The van der Waals surface area contributed by atoms with Crippen LogP contribution in [0.1, 0.15) is 12.5 Å². The molecule has 0 bridgehead atoms. The molecular formula is C12H19N3O2. The van der Waals surface area contributed by atoms with Gasteiger partial charge in [-0.05, 0) is 26.6 Å². The minimum atomic E-state index is -0.383. The van der Waals surface area contributed by atoms with Gasteiger partial charge in [0.2, 0.25) is 0 Å². The van der Waals surface area contributed by atoms with Crippen molar-refractivity contribution < 1.29 is 4.92 Å². The molecule has 17 heavy (non-hydrogen) atoms. The Balaban J connectivity index is 2.44. The molecule has 0 radical (unpaired) electrons. The molecule has 1 aromatic rings. The molecule has 94 valence electrons. The van der Waals surface area contributed by atoms with E-state index in [1.54, 1.807) is 12.1 Å². The fraction of sp³-hybridized carbons (Fsp3) is 0.500. The number of likely N-dealkylation sites (N-methyl/N-ethyl adjacent to an activating group) is 1. The lowest BCUT2D eigenvalue weighted by Crippen LogP contribution is -2.35. The number of hydrogen-bond acceptors (Lipinski definition) is 4. The third kappa shape index (κ3) is 4.93. The van der Waals surface area contributed by atoms with Crippen molar-refractivity contribution in [1.29, 1.82) is 0 Å². The number of benzene rings is 1. The van der Waals surface area contributed by atoms with Crippen LogP contribution in [0.15, 0.2) is 24.3 Å². The summed E-state index contributed by atoms with van der Waals surface area (Å²) in [6, 6.07) is 7.03. The van der Waals surface area contributed by atoms with Gasteiger partial charge >= 0.3 is 0 Å². The summed E-state index contributed by atoms with van der Waals surface area (Å²) < 4.78 is 0. The van der Waals surface area contributed by atoms with Crippen LogP contribution in [0.3, 0.4) is 0 Å². The van der Waals surface area contributed by atoms with Gasteiger partial charge in [-0.3, -0.25) is 10.1 Å². The van der Waals surface area contributed by atoms with Crippen molar-refractivity contribution in [2.45, 2.75) is 19.5 Å². The molecule has 0 fully saturated rings. The molecule has 1 rings (SSSR count). The van der Waals surface area contributed by atoms with Gasteiger partial charge in [0.1, 0.15) is 0 Å². The Morgan fingerprint density at radius 1 is 1.35 bits per heavy atom. The molecule has 0 saturated heterocycles. The van der Waals surface area contributed by atoms with Crippen molar-refractivity contribution in [3.63, 3.8) is 0 Å². The molecule has 0 aromatic heterocycles. The molecule has 0 aliphatic carbocycles. The van der Waals surface area contributed by atoms with Crippen LogP contribution in [-0.4, -0.2) is 36.5 Å². The summed E-state index contributed by atoms with van der Waals surface area (Å²) in [4.78, 5) is 12.2. The SMILES string of the molecule is CC(CN(C)C)NCc1ccc([N+](=O)[O-])cc1. The lowest BCUT2D eigenvalue weighted by molar-refractivity contribution is -0.384. The molecule has 0 amide bonds. The van der Waals surface area contributed by atoms with Crippen LogP contribution in [0.2, 0.25) is 0 Å². The largest absolute Gasteiger partial charge is 0.309 e. The molecule has 0 aliphatic rings. The van der Waals surface area contributed by atoms with Gasteiger partial charge in [0.25, 0.3) is 5.69 Å². The van der Waals surface area contributed by atoms with Crippen molar-refractivity contribution in [3.8, 4) is 0 Å². The van der Waals surface area contributed by atoms with Crippen molar-refractivity contribution in [2.24, 2.45) is 0 Å². The molecule has 0 saturated carbocycles. The summed E-state index contributed by atoms with van der Waals surface area (Å²) in [6.45, 7) is 3.81. The van der Waals surface area contributed by atoms with Gasteiger partial charge < -0.3 is 10.2 Å². The van der Waals surface area contributed by atoms with E-state index in [4.69, 9.17) is 0 Å². The number of nitro benzene ring substituents is 1. The minimum absolute atomic E-state index is 0.134. The average Bonchev–Trinajstić information content (AvgIpc) is 2.26. The highest BCUT2D eigenvalue weighted by Crippen LogP contribution is 2.11. The van der Waals surface area contributed by atoms with Gasteiger partial charge in [-0.2, -0.15) is 0 Å². The van der Waals surface area contributed by atoms with Gasteiger partial charge in [0.05, 0.1) is 4.92 Å². The molecule has 0 aliphatic heterocycles. The number of nitrogens with one attached hydrogen (secondary N) is 1. The van der Waals surface area contributed by atoms with E-state index in [0.717, 1.165) is 18.7 Å². The van der Waals surface area contributed by atoms with Crippen LogP contribution in [-0.2, 0) is 6.54 Å². The standard InChI is InChI=1S/C12H19N3O2/c1-10(9-14(2)3)13-8-11-4-6-12(7-5-11)15(16)17/h4-7,10,13H,8-9H2,1-3H3. The highest BCUT2D eigenvalue weighted by Gasteiger charge is 2.05. The van der Waals surface area contributed by atoms with E-state index in [1.165, 1.54) is 12.1 Å². The van der Waals surface area contributed by atoms with Crippen molar-refractivity contribution in [3.05, 3.63) is 39.9 Å². The number of nitrogens with zero attached hydrogens (tertiary/aromatic N) is 2. The average molecular weight is 237 g/mol. The fourth-order valence-corrected chi connectivity index (χ4v) is 1.64. The quantitative estimate of drug-likeness (QED) is 0.603. The first kappa shape index (κ1) is 13.6. The Kier molecular flexibility index (Phi) is 5.06. The van der Waals surface area contributed by atoms with Crippen LogP contribution >= 0.6 is 0 Å². The third-order valence-electron chi connectivity index (χ3n) is 2.44. The summed E-state index contributed by atoms with van der Waals surface area (Å²) in [6.07, 6.45) is 0.